The highest BCUT2D eigenvalue weighted by molar-refractivity contribution is 6.31. The van der Waals surface area contributed by atoms with Crippen LogP contribution in [0.5, 0.6) is 0 Å². The van der Waals surface area contributed by atoms with Gasteiger partial charge in [0.25, 0.3) is 0 Å². The molecule has 0 radical (unpaired) electrons. The fourth-order valence-electron chi connectivity index (χ4n) is 3.32. The van der Waals surface area contributed by atoms with Gasteiger partial charge in [-0.1, -0.05) is 23.7 Å². The predicted molar refractivity (Wildman–Crippen MR) is 129 cm³/mol. The van der Waals surface area contributed by atoms with Crippen LogP contribution in [0.2, 0.25) is 5.02 Å². The number of aliphatic carboxylic acids is 1. The number of aromatic nitrogens is 1. The van der Waals surface area contributed by atoms with Crippen LogP contribution in [-0.4, -0.2) is 52.8 Å². The van der Waals surface area contributed by atoms with Crippen LogP contribution < -0.4 is 10.6 Å². The van der Waals surface area contributed by atoms with Gasteiger partial charge in [0.1, 0.15) is 24.1 Å². The van der Waals surface area contributed by atoms with Crippen molar-refractivity contribution in [3.05, 3.63) is 70.9 Å². The van der Waals surface area contributed by atoms with Crippen molar-refractivity contribution in [3.63, 3.8) is 0 Å². The van der Waals surface area contributed by atoms with Gasteiger partial charge < -0.3 is 20.1 Å². The lowest BCUT2D eigenvalue weighted by molar-refractivity contribution is -0.137. The molecule has 0 aliphatic heterocycles. The summed E-state index contributed by atoms with van der Waals surface area (Å²) >= 11 is 5.90. The van der Waals surface area contributed by atoms with Gasteiger partial charge in [-0.15, -0.1) is 0 Å². The van der Waals surface area contributed by atoms with Crippen LogP contribution in [0, 0.1) is 11.6 Å². The van der Waals surface area contributed by atoms with E-state index in [9.17, 15) is 23.2 Å². The third kappa shape index (κ3) is 7.25. The third-order valence-corrected chi connectivity index (χ3v) is 5.77. The standard InChI is InChI=1S/C24H23ClF2N4O5/c1-31(23(34)29-12-15-3-2-4-19(27)22(15)25)18(7-8-21(32)33)13-36-24(35)30-20-10-16-9-17(26)6-5-14(16)11-28-20/h2-6,9-11,18H,7-8,12-13H2,1H3,(H,29,34)(H,32,33)(H,28,30,35). The molecule has 190 valence electrons. The maximum absolute atomic E-state index is 13.6. The molecule has 3 N–H and O–H groups in total. The Morgan fingerprint density at radius 1 is 1.17 bits per heavy atom. The molecule has 9 nitrogen and oxygen atoms in total. The molecular weight excluding hydrogens is 498 g/mol. The van der Waals surface area contributed by atoms with Crippen LogP contribution in [0.25, 0.3) is 10.8 Å². The first kappa shape index (κ1) is 26.6. The van der Waals surface area contributed by atoms with E-state index in [0.717, 1.165) is 0 Å². The topological polar surface area (TPSA) is 121 Å². The molecule has 0 bridgehead atoms. The quantitative estimate of drug-likeness (QED) is 0.373. The van der Waals surface area contributed by atoms with E-state index >= 15 is 0 Å². The SMILES string of the molecule is CN(C(=O)NCc1cccc(F)c1Cl)C(CCC(=O)O)COC(=O)Nc1cc2cc(F)ccc2cn1. The summed E-state index contributed by atoms with van der Waals surface area (Å²) in [5.41, 5.74) is 0.360. The Kier molecular flexibility index (Phi) is 8.96. The first-order chi connectivity index (χ1) is 17.1. The average molecular weight is 521 g/mol. The molecular formula is C24H23ClF2N4O5. The van der Waals surface area contributed by atoms with Gasteiger partial charge in [-0.2, -0.15) is 0 Å². The minimum atomic E-state index is -1.09. The van der Waals surface area contributed by atoms with E-state index in [1.807, 2.05) is 0 Å². The number of halogens is 3. The van der Waals surface area contributed by atoms with Gasteiger partial charge in [-0.05, 0) is 47.7 Å². The largest absolute Gasteiger partial charge is 0.481 e. The van der Waals surface area contributed by atoms with Crippen LogP contribution >= 0.6 is 11.6 Å². The number of carbonyl (C=O) groups excluding carboxylic acids is 2. The van der Waals surface area contributed by atoms with E-state index in [1.165, 1.54) is 48.5 Å². The number of urea groups is 1. The average Bonchev–Trinajstić information content (AvgIpc) is 2.84. The molecule has 0 saturated carbocycles. The summed E-state index contributed by atoms with van der Waals surface area (Å²) in [6.07, 6.45) is 0.295. The third-order valence-electron chi connectivity index (χ3n) is 5.34. The van der Waals surface area contributed by atoms with Gasteiger partial charge >= 0.3 is 18.1 Å². The van der Waals surface area contributed by atoms with E-state index in [-0.39, 0.29) is 36.8 Å². The van der Waals surface area contributed by atoms with Crippen LogP contribution in [0.15, 0.2) is 48.7 Å². The number of benzene rings is 2. The van der Waals surface area contributed by atoms with E-state index in [2.05, 4.69) is 15.6 Å². The summed E-state index contributed by atoms with van der Waals surface area (Å²) in [5.74, 6) is -2.03. The number of hydrogen-bond acceptors (Lipinski definition) is 5. The molecule has 36 heavy (non-hydrogen) atoms. The number of amides is 3. The minimum Gasteiger partial charge on any atom is -0.481 e. The highest BCUT2D eigenvalue weighted by atomic mass is 35.5. The number of ether oxygens (including phenoxy) is 1. The summed E-state index contributed by atoms with van der Waals surface area (Å²) in [5, 5.41) is 15.1. The lowest BCUT2D eigenvalue weighted by Crippen LogP contribution is -2.46. The molecule has 1 unspecified atom stereocenters. The number of nitrogens with one attached hydrogen (secondary N) is 2. The van der Waals surface area contributed by atoms with Gasteiger partial charge in [0.2, 0.25) is 0 Å². The van der Waals surface area contributed by atoms with Crippen LogP contribution in [0.4, 0.5) is 24.2 Å². The molecule has 2 aromatic carbocycles. The second kappa shape index (κ2) is 12.1. The molecule has 0 aliphatic rings. The number of carbonyl (C=O) groups is 3. The molecule has 1 heterocycles. The Labute approximate surface area is 210 Å². The molecule has 0 saturated heterocycles. The molecule has 1 atom stereocenters. The van der Waals surface area contributed by atoms with Gasteiger partial charge in [0.15, 0.2) is 0 Å². The molecule has 3 amide bonds. The number of carboxylic acid groups (broad SMARTS) is 1. The Balaban J connectivity index is 1.60. The van der Waals surface area contributed by atoms with Gasteiger partial charge in [0.05, 0.1) is 11.1 Å². The number of hydrogen-bond donors (Lipinski definition) is 3. The van der Waals surface area contributed by atoms with Crippen molar-refractivity contribution in [1.29, 1.82) is 0 Å². The zero-order chi connectivity index (χ0) is 26.2. The van der Waals surface area contributed by atoms with Gasteiger partial charge in [-0.25, -0.2) is 23.4 Å². The highest BCUT2D eigenvalue weighted by Gasteiger charge is 2.23. The van der Waals surface area contributed by atoms with Gasteiger partial charge in [-0.3, -0.25) is 10.1 Å². The number of likely N-dealkylation sites (N-methyl/N-ethyl adjacent to an activating group) is 1. The number of rotatable bonds is 9. The lowest BCUT2D eigenvalue weighted by Gasteiger charge is -2.28. The monoisotopic (exact) mass is 520 g/mol. The maximum atomic E-state index is 13.6. The van der Waals surface area contributed by atoms with Crippen molar-refractivity contribution in [2.24, 2.45) is 0 Å². The van der Waals surface area contributed by atoms with E-state index < -0.39 is 35.8 Å². The smallest absolute Gasteiger partial charge is 0.412 e. The fourth-order valence-corrected chi connectivity index (χ4v) is 3.51. The van der Waals surface area contributed by atoms with Crippen LogP contribution in [0.1, 0.15) is 18.4 Å². The number of anilines is 1. The second-order valence-electron chi connectivity index (χ2n) is 7.85. The Bertz CT molecular complexity index is 1280. The lowest BCUT2D eigenvalue weighted by atomic mass is 10.1. The zero-order valence-electron chi connectivity index (χ0n) is 19.1. The van der Waals surface area contributed by atoms with E-state index in [4.69, 9.17) is 21.4 Å². The van der Waals surface area contributed by atoms with Crippen molar-refractivity contribution in [1.82, 2.24) is 15.2 Å². The first-order valence-electron chi connectivity index (χ1n) is 10.8. The minimum absolute atomic E-state index is 0.000750. The summed E-state index contributed by atoms with van der Waals surface area (Å²) < 4.78 is 32.3. The molecule has 1 aromatic heterocycles. The first-order valence-corrected chi connectivity index (χ1v) is 11.2. The van der Waals surface area contributed by atoms with E-state index in [1.54, 1.807) is 12.1 Å². The molecule has 0 aliphatic carbocycles. The predicted octanol–water partition coefficient (Wildman–Crippen LogP) is 4.79. The van der Waals surface area contributed by atoms with Crippen LogP contribution in [-0.2, 0) is 16.1 Å². The highest BCUT2D eigenvalue weighted by Crippen LogP contribution is 2.20. The molecule has 12 heteroatoms. The molecule has 0 spiro atoms. The summed E-state index contributed by atoms with van der Waals surface area (Å²) in [7, 11) is 1.41. The molecule has 0 fully saturated rings. The Morgan fingerprint density at radius 2 is 1.94 bits per heavy atom. The molecule has 3 aromatic rings. The van der Waals surface area contributed by atoms with Crippen LogP contribution in [0.3, 0.4) is 0 Å². The second-order valence-corrected chi connectivity index (χ2v) is 8.23. The summed E-state index contributed by atoms with van der Waals surface area (Å²) in [6, 6.07) is 8.42. The number of nitrogens with zero attached hydrogens (tertiary/aromatic N) is 2. The van der Waals surface area contributed by atoms with Crippen molar-refractivity contribution >= 4 is 46.3 Å². The number of carboxylic acids is 1. The van der Waals surface area contributed by atoms with Crippen molar-refractivity contribution in [2.75, 3.05) is 19.0 Å². The fraction of sp³-hybridized carbons (Fsp3) is 0.250. The maximum Gasteiger partial charge on any atom is 0.412 e. The zero-order valence-corrected chi connectivity index (χ0v) is 19.9. The van der Waals surface area contributed by atoms with Crippen molar-refractivity contribution < 1.29 is 33.0 Å². The Morgan fingerprint density at radius 3 is 2.69 bits per heavy atom. The van der Waals surface area contributed by atoms with Crippen molar-refractivity contribution in [2.45, 2.75) is 25.4 Å². The van der Waals surface area contributed by atoms with Crippen molar-refractivity contribution in [3.8, 4) is 0 Å². The summed E-state index contributed by atoms with van der Waals surface area (Å²) in [4.78, 5) is 41.2. The number of pyridine rings is 1. The number of fused-ring (bicyclic) bond motifs is 1. The molecule has 3 rings (SSSR count). The van der Waals surface area contributed by atoms with E-state index in [0.29, 0.717) is 16.3 Å². The Hall–Kier alpha value is -3.99. The van der Waals surface area contributed by atoms with Gasteiger partial charge in [0, 0.05) is 31.6 Å². The summed E-state index contributed by atoms with van der Waals surface area (Å²) in [6.45, 7) is -0.382. The normalized spacial score (nSPS) is 11.6.